The first-order valence-corrected chi connectivity index (χ1v) is 6.93. The quantitative estimate of drug-likeness (QED) is 0.777. The fourth-order valence-corrected chi connectivity index (χ4v) is 2.47. The van der Waals surface area contributed by atoms with Crippen molar-refractivity contribution >= 4 is 21.7 Å². The predicted molar refractivity (Wildman–Crippen MR) is 83.6 cm³/mol. The third-order valence-electron chi connectivity index (χ3n) is 3.09. The van der Waals surface area contributed by atoms with E-state index < -0.39 is 0 Å². The molecule has 21 heavy (non-hydrogen) atoms. The fraction of sp³-hybridized carbons (Fsp3) is 0. The zero-order chi connectivity index (χ0) is 14.8. The molecule has 0 bridgehead atoms. The molecule has 5 nitrogen and oxygen atoms in total. The van der Waals surface area contributed by atoms with Gasteiger partial charge >= 0.3 is 0 Å². The first kappa shape index (κ1) is 13.3. The second-order valence-corrected chi connectivity index (χ2v) is 5.27. The molecule has 0 saturated carbocycles. The fourth-order valence-electron chi connectivity index (χ4n) is 2.12. The molecule has 0 atom stereocenters. The molecule has 0 amide bonds. The summed E-state index contributed by atoms with van der Waals surface area (Å²) in [4.78, 5) is 8.27. The molecule has 0 unspecified atom stereocenters. The number of anilines is 1. The average molecular weight is 340 g/mol. The van der Waals surface area contributed by atoms with Gasteiger partial charge in [0, 0.05) is 16.2 Å². The summed E-state index contributed by atoms with van der Waals surface area (Å²) in [7, 11) is 0. The van der Waals surface area contributed by atoms with Gasteiger partial charge < -0.3 is 5.73 Å². The first-order valence-electron chi connectivity index (χ1n) is 6.14. The molecule has 0 fully saturated rings. The Bertz CT molecular complexity index is 847. The molecule has 2 aromatic heterocycles. The van der Waals surface area contributed by atoms with Crippen molar-refractivity contribution in [2.75, 3.05) is 5.73 Å². The van der Waals surface area contributed by atoms with Gasteiger partial charge in [-0.1, -0.05) is 15.9 Å². The van der Waals surface area contributed by atoms with Crippen LogP contribution in [0.5, 0.6) is 0 Å². The van der Waals surface area contributed by atoms with E-state index >= 15 is 0 Å². The highest BCUT2D eigenvalue weighted by Gasteiger charge is 2.13. The maximum absolute atomic E-state index is 9.29. The number of nitrogens with two attached hydrogens (primary N) is 1. The van der Waals surface area contributed by atoms with E-state index in [0.717, 1.165) is 21.4 Å². The number of hydrogen-bond acceptors (Lipinski definition) is 4. The van der Waals surface area contributed by atoms with Crippen molar-refractivity contribution < 1.29 is 0 Å². The Labute approximate surface area is 129 Å². The van der Waals surface area contributed by atoms with E-state index in [2.05, 4.69) is 32.0 Å². The average Bonchev–Trinajstić information content (AvgIpc) is 2.96. The van der Waals surface area contributed by atoms with Crippen LogP contribution in [0.2, 0.25) is 0 Å². The van der Waals surface area contributed by atoms with Crippen LogP contribution >= 0.6 is 15.9 Å². The Morgan fingerprint density at radius 2 is 2.14 bits per heavy atom. The van der Waals surface area contributed by atoms with E-state index in [9.17, 15) is 5.26 Å². The molecule has 0 aliphatic heterocycles. The lowest BCUT2D eigenvalue weighted by Crippen LogP contribution is -2.01. The number of hydrogen-bond donors (Lipinski definition) is 1. The molecular formula is C15H10BrN5. The molecule has 102 valence electrons. The number of halogens is 1. The summed E-state index contributed by atoms with van der Waals surface area (Å²) >= 11 is 3.43. The van der Waals surface area contributed by atoms with Crippen molar-refractivity contribution in [2.45, 2.75) is 0 Å². The smallest absolute Gasteiger partial charge is 0.132 e. The summed E-state index contributed by atoms with van der Waals surface area (Å²) in [5, 5.41) is 9.29. The molecule has 0 aliphatic rings. The highest BCUT2D eigenvalue weighted by molar-refractivity contribution is 9.10. The van der Waals surface area contributed by atoms with Gasteiger partial charge in [-0.15, -0.1) is 0 Å². The van der Waals surface area contributed by atoms with Gasteiger partial charge in [0.25, 0.3) is 0 Å². The summed E-state index contributed by atoms with van der Waals surface area (Å²) in [6.07, 6.45) is 5.00. The maximum Gasteiger partial charge on any atom is 0.132 e. The van der Waals surface area contributed by atoms with Gasteiger partial charge in [0.05, 0.1) is 29.5 Å². The lowest BCUT2D eigenvalue weighted by Gasteiger charge is -2.11. The van der Waals surface area contributed by atoms with Crippen LogP contribution in [-0.2, 0) is 0 Å². The molecular weight excluding hydrogens is 330 g/mol. The first-order chi connectivity index (χ1) is 10.2. The Balaban J connectivity index is 2.24. The van der Waals surface area contributed by atoms with E-state index in [1.807, 2.05) is 28.8 Å². The second-order valence-electron chi connectivity index (χ2n) is 4.36. The predicted octanol–water partition coefficient (Wildman–Crippen LogP) is 3.15. The number of pyridine rings is 1. The van der Waals surface area contributed by atoms with Gasteiger partial charge in [-0.3, -0.25) is 4.57 Å². The van der Waals surface area contributed by atoms with Crippen molar-refractivity contribution in [1.82, 2.24) is 14.5 Å². The molecule has 3 aromatic rings. The zero-order valence-corrected chi connectivity index (χ0v) is 12.4. The van der Waals surface area contributed by atoms with Crippen LogP contribution in [0.1, 0.15) is 5.56 Å². The summed E-state index contributed by atoms with van der Waals surface area (Å²) in [5.74, 6) is 0.424. The van der Waals surface area contributed by atoms with Crippen molar-refractivity contribution in [2.24, 2.45) is 0 Å². The van der Waals surface area contributed by atoms with Crippen LogP contribution in [0.4, 0.5) is 5.82 Å². The van der Waals surface area contributed by atoms with Crippen molar-refractivity contribution in [3.63, 3.8) is 0 Å². The van der Waals surface area contributed by atoms with E-state index in [0.29, 0.717) is 11.4 Å². The topological polar surface area (TPSA) is 80.5 Å². The SMILES string of the molecule is N#Cc1ccc(Br)cc1-n1cncc1-c1cccnc1N. The molecule has 0 radical (unpaired) electrons. The Kier molecular flexibility index (Phi) is 3.42. The molecule has 1 aromatic carbocycles. The van der Waals surface area contributed by atoms with E-state index in [4.69, 9.17) is 5.73 Å². The second kappa shape index (κ2) is 5.38. The summed E-state index contributed by atoms with van der Waals surface area (Å²) in [6.45, 7) is 0. The number of rotatable bonds is 2. The molecule has 6 heteroatoms. The summed E-state index contributed by atoms with van der Waals surface area (Å²) < 4.78 is 2.71. The molecule has 0 saturated heterocycles. The highest BCUT2D eigenvalue weighted by atomic mass is 79.9. The Morgan fingerprint density at radius 1 is 1.29 bits per heavy atom. The van der Waals surface area contributed by atoms with Gasteiger partial charge in [0.15, 0.2) is 0 Å². The van der Waals surface area contributed by atoms with Crippen LogP contribution in [0.3, 0.4) is 0 Å². The largest absolute Gasteiger partial charge is 0.383 e. The van der Waals surface area contributed by atoms with Crippen molar-refractivity contribution in [3.8, 4) is 23.0 Å². The van der Waals surface area contributed by atoms with Crippen LogP contribution in [-0.4, -0.2) is 14.5 Å². The third-order valence-corrected chi connectivity index (χ3v) is 3.59. The van der Waals surface area contributed by atoms with Gasteiger partial charge in [0.2, 0.25) is 0 Å². The van der Waals surface area contributed by atoms with Crippen molar-refractivity contribution in [3.05, 3.63) is 59.1 Å². The van der Waals surface area contributed by atoms with Gasteiger partial charge in [-0.2, -0.15) is 5.26 Å². The number of nitriles is 1. The lowest BCUT2D eigenvalue weighted by atomic mass is 10.1. The number of nitrogens with zero attached hydrogens (tertiary/aromatic N) is 4. The van der Waals surface area contributed by atoms with Crippen LogP contribution in [0.15, 0.2) is 53.5 Å². The minimum Gasteiger partial charge on any atom is -0.383 e. The minimum atomic E-state index is 0.424. The monoisotopic (exact) mass is 339 g/mol. The van der Waals surface area contributed by atoms with Crippen molar-refractivity contribution in [1.29, 1.82) is 5.26 Å². The normalized spacial score (nSPS) is 10.3. The Hall–Kier alpha value is -2.65. The summed E-state index contributed by atoms with van der Waals surface area (Å²) in [5.41, 5.74) is 8.79. The molecule has 0 spiro atoms. The number of benzene rings is 1. The molecule has 2 heterocycles. The van der Waals surface area contributed by atoms with Gasteiger partial charge in [-0.25, -0.2) is 9.97 Å². The van der Waals surface area contributed by atoms with E-state index in [1.54, 1.807) is 24.8 Å². The molecule has 0 aliphatic carbocycles. The van der Waals surface area contributed by atoms with Crippen LogP contribution in [0.25, 0.3) is 16.9 Å². The van der Waals surface area contributed by atoms with E-state index in [-0.39, 0.29) is 0 Å². The van der Waals surface area contributed by atoms with E-state index in [1.165, 1.54) is 0 Å². The molecule has 3 rings (SSSR count). The third kappa shape index (κ3) is 2.39. The van der Waals surface area contributed by atoms with Gasteiger partial charge in [0.1, 0.15) is 11.9 Å². The Morgan fingerprint density at radius 3 is 2.90 bits per heavy atom. The molecule has 2 N–H and O–H groups in total. The maximum atomic E-state index is 9.29. The lowest BCUT2D eigenvalue weighted by molar-refractivity contribution is 1.05. The van der Waals surface area contributed by atoms with Gasteiger partial charge in [-0.05, 0) is 30.3 Å². The number of nitrogen functional groups attached to an aromatic ring is 1. The highest BCUT2D eigenvalue weighted by Crippen LogP contribution is 2.28. The zero-order valence-electron chi connectivity index (χ0n) is 10.9. The standard InChI is InChI=1S/C15H10BrN5/c16-11-4-3-10(7-17)13(6-11)21-9-19-8-14(21)12-2-1-5-20-15(12)18/h1-6,8-9H,(H2,18,20). The van der Waals surface area contributed by atoms with Crippen LogP contribution < -0.4 is 5.73 Å². The van der Waals surface area contributed by atoms with Crippen LogP contribution in [0, 0.1) is 11.3 Å². The minimum absolute atomic E-state index is 0.424. The number of imidazole rings is 1. The summed E-state index contributed by atoms with van der Waals surface area (Å²) in [6, 6.07) is 11.3. The number of aromatic nitrogens is 3.